The molecule has 136 valence electrons. The fourth-order valence-corrected chi connectivity index (χ4v) is 4.11. The molecule has 0 saturated heterocycles. The summed E-state index contributed by atoms with van der Waals surface area (Å²) in [6, 6.07) is 18.0. The summed E-state index contributed by atoms with van der Waals surface area (Å²) in [5.41, 5.74) is 3.25. The Labute approximate surface area is 165 Å². The number of rotatable bonds is 7. The van der Waals surface area contributed by atoms with Gasteiger partial charge in [-0.3, -0.25) is 0 Å². The van der Waals surface area contributed by atoms with Gasteiger partial charge >= 0.3 is 0 Å². The van der Waals surface area contributed by atoms with Crippen molar-refractivity contribution in [2.75, 3.05) is 7.11 Å². The molecular weight excluding hydrogens is 378 g/mol. The summed E-state index contributed by atoms with van der Waals surface area (Å²) < 4.78 is 10.9. The predicted octanol–water partition coefficient (Wildman–Crippen LogP) is 5.08. The van der Waals surface area contributed by atoms with Gasteiger partial charge in [-0.25, -0.2) is 4.98 Å². The van der Waals surface area contributed by atoms with Crippen molar-refractivity contribution in [1.82, 2.24) is 15.2 Å². The Morgan fingerprint density at radius 2 is 1.85 bits per heavy atom. The van der Waals surface area contributed by atoms with E-state index < -0.39 is 0 Å². The number of hydrogen-bond donors (Lipinski definition) is 0. The van der Waals surface area contributed by atoms with Gasteiger partial charge in [0.05, 0.1) is 19.2 Å². The van der Waals surface area contributed by atoms with Crippen LogP contribution in [0.25, 0.3) is 10.6 Å². The van der Waals surface area contributed by atoms with Gasteiger partial charge in [0.2, 0.25) is 5.89 Å². The van der Waals surface area contributed by atoms with Crippen LogP contribution in [0.2, 0.25) is 0 Å². The van der Waals surface area contributed by atoms with E-state index in [1.807, 2.05) is 42.5 Å². The van der Waals surface area contributed by atoms with Crippen molar-refractivity contribution in [2.24, 2.45) is 0 Å². The minimum atomic E-state index is 0.563. The lowest BCUT2D eigenvalue weighted by atomic mass is 10.1. The van der Waals surface area contributed by atoms with Crippen LogP contribution in [-0.4, -0.2) is 22.3 Å². The van der Waals surface area contributed by atoms with Crippen LogP contribution in [0.3, 0.4) is 0 Å². The van der Waals surface area contributed by atoms with E-state index in [2.05, 4.69) is 32.7 Å². The number of thiazole rings is 1. The first-order valence-corrected chi connectivity index (χ1v) is 10.2. The fourth-order valence-electron chi connectivity index (χ4n) is 2.51. The summed E-state index contributed by atoms with van der Waals surface area (Å²) in [7, 11) is 1.65. The van der Waals surface area contributed by atoms with Crippen molar-refractivity contribution in [1.29, 1.82) is 0 Å². The fraction of sp³-hybridized carbons (Fsp3) is 0.150. The standard InChI is InChI=1S/C20H17N3O2S2/c1-24-17-9-7-14(8-10-17)11-18-22-23-20(25-18)27-13-16-12-26-19(21-16)15-5-3-2-4-6-15/h2-10,12H,11,13H2,1H3. The van der Waals surface area contributed by atoms with E-state index in [4.69, 9.17) is 9.15 Å². The highest BCUT2D eigenvalue weighted by Crippen LogP contribution is 2.27. The number of hydrogen-bond acceptors (Lipinski definition) is 7. The molecule has 0 saturated carbocycles. The van der Waals surface area contributed by atoms with E-state index in [1.54, 1.807) is 18.4 Å². The molecule has 4 rings (SSSR count). The molecule has 2 aromatic heterocycles. The summed E-state index contributed by atoms with van der Waals surface area (Å²) in [6.07, 6.45) is 0.604. The third-order valence-electron chi connectivity index (χ3n) is 3.88. The molecule has 0 aliphatic carbocycles. The van der Waals surface area contributed by atoms with E-state index >= 15 is 0 Å². The van der Waals surface area contributed by atoms with Gasteiger partial charge in [0.25, 0.3) is 5.22 Å². The van der Waals surface area contributed by atoms with Crippen molar-refractivity contribution >= 4 is 23.1 Å². The minimum absolute atomic E-state index is 0.563. The molecule has 0 bridgehead atoms. The van der Waals surface area contributed by atoms with Crippen LogP contribution in [0.5, 0.6) is 5.75 Å². The Morgan fingerprint density at radius 3 is 2.63 bits per heavy atom. The molecular formula is C20H17N3O2S2. The topological polar surface area (TPSA) is 61.0 Å². The molecule has 4 aromatic rings. The second-order valence-corrected chi connectivity index (χ2v) is 7.57. The number of nitrogens with zero attached hydrogens (tertiary/aromatic N) is 3. The summed E-state index contributed by atoms with van der Waals surface area (Å²) in [6.45, 7) is 0. The minimum Gasteiger partial charge on any atom is -0.497 e. The molecule has 0 amide bonds. The van der Waals surface area contributed by atoms with Gasteiger partial charge in [-0.15, -0.1) is 21.5 Å². The van der Waals surface area contributed by atoms with Gasteiger partial charge in [-0.2, -0.15) is 0 Å². The predicted molar refractivity (Wildman–Crippen MR) is 107 cm³/mol. The lowest BCUT2D eigenvalue weighted by Gasteiger charge is -2.00. The van der Waals surface area contributed by atoms with Crippen molar-refractivity contribution in [3.63, 3.8) is 0 Å². The Morgan fingerprint density at radius 1 is 1.04 bits per heavy atom. The van der Waals surface area contributed by atoms with E-state index in [0.29, 0.717) is 23.3 Å². The van der Waals surface area contributed by atoms with Gasteiger partial charge in [0, 0.05) is 16.7 Å². The molecule has 0 atom stereocenters. The molecule has 0 aliphatic rings. The van der Waals surface area contributed by atoms with Gasteiger partial charge in [0.1, 0.15) is 10.8 Å². The van der Waals surface area contributed by atoms with Crippen LogP contribution in [0.1, 0.15) is 17.1 Å². The third kappa shape index (κ3) is 4.56. The van der Waals surface area contributed by atoms with Crippen LogP contribution in [-0.2, 0) is 12.2 Å². The van der Waals surface area contributed by atoms with Gasteiger partial charge in [-0.05, 0) is 17.7 Å². The average Bonchev–Trinajstić information content (AvgIpc) is 3.37. The third-order valence-corrected chi connectivity index (χ3v) is 5.67. The largest absolute Gasteiger partial charge is 0.497 e. The number of methoxy groups -OCH3 is 1. The van der Waals surface area contributed by atoms with Gasteiger partial charge < -0.3 is 9.15 Å². The monoisotopic (exact) mass is 395 g/mol. The molecule has 0 aliphatic heterocycles. The quantitative estimate of drug-likeness (QED) is 0.407. The first-order chi connectivity index (χ1) is 13.3. The van der Waals surface area contributed by atoms with Gasteiger partial charge in [0.15, 0.2) is 0 Å². The van der Waals surface area contributed by atoms with Crippen molar-refractivity contribution in [2.45, 2.75) is 17.4 Å². The molecule has 0 unspecified atom stereocenters. The maximum atomic E-state index is 5.74. The highest BCUT2D eigenvalue weighted by Gasteiger charge is 2.10. The maximum Gasteiger partial charge on any atom is 0.276 e. The maximum absolute atomic E-state index is 5.74. The molecule has 0 spiro atoms. The Bertz CT molecular complexity index is 998. The molecule has 0 radical (unpaired) electrons. The number of benzene rings is 2. The first-order valence-electron chi connectivity index (χ1n) is 8.38. The van der Waals surface area contributed by atoms with Crippen molar-refractivity contribution in [3.05, 3.63) is 77.1 Å². The zero-order valence-electron chi connectivity index (χ0n) is 14.7. The molecule has 0 fully saturated rings. The number of aromatic nitrogens is 3. The van der Waals surface area contributed by atoms with Gasteiger partial charge in [-0.1, -0.05) is 54.2 Å². The highest BCUT2D eigenvalue weighted by atomic mass is 32.2. The smallest absolute Gasteiger partial charge is 0.276 e. The van der Waals surface area contributed by atoms with E-state index in [9.17, 15) is 0 Å². The van der Waals surface area contributed by atoms with Crippen LogP contribution in [0.15, 0.2) is 69.6 Å². The SMILES string of the molecule is COc1ccc(Cc2nnc(SCc3csc(-c4ccccc4)n3)o2)cc1. The van der Waals surface area contributed by atoms with Crippen molar-refractivity contribution in [3.8, 4) is 16.3 Å². The Hall–Kier alpha value is -2.64. The molecule has 2 aromatic carbocycles. The first kappa shape index (κ1) is 17.8. The molecule has 0 N–H and O–H groups in total. The summed E-state index contributed by atoms with van der Waals surface area (Å²) in [5, 5.41) is 11.9. The van der Waals surface area contributed by atoms with E-state index in [-0.39, 0.29) is 0 Å². The van der Waals surface area contributed by atoms with Crippen LogP contribution in [0, 0.1) is 0 Å². The zero-order chi connectivity index (χ0) is 18.5. The second-order valence-electron chi connectivity index (χ2n) is 5.79. The molecule has 27 heavy (non-hydrogen) atoms. The zero-order valence-corrected chi connectivity index (χ0v) is 16.3. The summed E-state index contributed by atoms with van der Waals surface area (Å²) >= 11 is 3.15. The second kappa shape index (κ2) is 8.37. The van der Waals surface area contributed by atoms with Crippen LogP contribution < -0.4 is 4.74 Å². The number of ether oxygens (including phenoxy) is 1. The molecule has 2 heterocycles. The highest BCUT2D eigenvalue weighted by molar-refractivity contribution is 7.98. The Balaban J connectivity index is 1.35. The lowest BCUT2D eigenvalue weighted by Crippen LogP contribution is -1.89. The Kier molecular flexibility index (Phi) is 5.50. The number of thioether (sulfide) groups is 1. The van der Waals surface area contributed by atoms with Crippen molar-refractivity contribution < 1.29 is 9.15 Å². The molecule has 5 nitrogen and oxygen atoms in total. The van der Waals surface area contributed by atoms with Crippen LogP contribution in [0.4, 0.5) is 0 Å². The normalized spacial score (nSPS) is 10.9. The summed E-state index contributed by atoms with van der Waals surface area (Å²) in [4.78, 5) is 4.68. The van der Waals surface area contributed by atoms with Crippen LogP contribution >= 0.6 is 23.1 Å². The lowest BCUT2D eigenvalue weighted by molar-refractivity contribution is 0.413. The van der Waals surface area contributed by atoms with E-state index in [0.717, 1.165) is 27.6 Å². The molecule has 7 heteroatoms. The summed E-state index contributed by atoms with van der Waals surface area (Å²) in [5.74, 6) is 2.14. The van der Waals surface area contributed by atoms with E-state index in [1.165, 1.54) is 11.8 Å². The average molecular weight is 396 g/mol.